The second kappa shape index (κ2) is 5.84. The van der Waals surface area contributed by atoms with E-state index in [0.717, 1.165) is 0 Å². The van der Waals surface area contributed by atoms with E-state index in [2.05, 4.69) is 5.32 Å². The van der Waals surface area contributed by atoms with Crippen molar-refractivity contribution in [2.75, 3.05) is 19.7 Å². The third kappa shape index (κ3) is 2.59. The summed E-state index contributed by atoms with van der Waals surface area (Å²) in [6.45, 7) is 1.25. The fraction of sp³-hybridized carbons (Fsp3) is 0.556. The van der Waals surface area contributed by atoms with Crippen molar-refractivity contribution in [3.63, 3.8) is 0 Å². The predicted molar refractivity (Wildman–Crippen MR) is 84.8 cm³/mol. The van der Waals surface area contributed by atoms with E-state index >= 15 is 0 Å². The molecule has 0 radical (unpaired) electrons. The molecule has 1 N–H and O–H groups in total. The molecule has 128 valence electrons. The molecule has 2 saturated heterocycles. The molecule has 0 aromatic heterocycles. The molecule has 1 saturated carbocycles. The number of ether oxygens (including phenoxy) is 1. The molecule has 2 aliphatic heterocycles. The molecule has 5 nitrogen and oxygen atoms in total. The number of amides is 2. The lowest BCUT2D eigenvalue weighted by Gasteiger charge is -2.30. The van der Waals surface area contributed by atoms with Crippen molar-refractivity contribution in [3.8, 4) is 0 Å². The largest absolute Gasteiger partial charge is 0.366 e. The number of rotatable bonds is 2. The van der Waals surface area contributed by atoms with Crippen LogP contribution in [0.4, 0.5) is 4.39 Å². The normalized spacial score (nSPS) is 28.5. The lowest BCUT2D eigenvalue weighted by Crippen LogP contribution is -2.51. The van der Waals surface area contributed by atoms with Crippen LogP contribution in [0.1, 0.15) is 31.2 Å². The maximum Gasteiger partial charge on any atom is 0.246 e. The Morgan fingerprint density at radius 1 is 1.25 bits per heavy atom. The standard InChI is InChI=1S/C18H21FN2O3/c19-13-4-2-1-3-12(13)18(7-8-18)17(23)21-9-5-14-15(6-10-21)24-11-16(22)20-14/h1-4,14-15H,5-11H2,(H,20,22)/t14-,15-/m0/s1. The van der Waals surface area contributed by atoms with E-state index in [1.807, 2.05) is 4.90 Å². The van der Waals surface area contributed by atoms with Crippen molar-refractivity contribution in [1.82, 2.24) is 10.2 Å². The minimum atomic E-state index is -0.690. The topological polar surface area (TPSA) is 58.6 Å². The molecule has 3 fully saturated rings. The molecular formula is C18H21FN2O3. The predicted octanol–water partition coefficient (Wildman–Crippen LogP) is 1.36. The summed E-state index contributed by atoms with van der Waals surface area (Å²) in [7, 11) is 0. The minimum Gasteiger partial charge on any atom is -0.366 e. The van der Waals surface area contributed by atoms with Crippen molar-refractivity contribution in [2.45, 2.75) is 43.2 Å². The van der Waals surface area contributed by atoms with Crippen molar-refractivity contribution in [1.29, 1.82) is 0 Å². The zero-order chi connectivity index (χ0) is 16.7. The SMILES string of the molecule is O=C1CO[C@H]2CCN(C(=O)C3(c4ccccc4F)CC3)CC[C@@H]2N1. The molecular weight excluding hydrogens is 311 g/mol. The Kier molecular flexibility index (Phi) is 3.79. The van der Waals surface area contributed by atoms with Gasteiger partial charge < -0.3 is 15.0 Å². The van der Waals surface area contributed by atoms with Gasteiger partial charge in [-0.3, -0.25) is 9.59 Å². The van der Waals surface area contributed by atoms with Crippen molar-refractivity contribution in [3.05, 3.63) is 35.6 Å². The molecule has 1 aliphatic carbocycles. The van der Waals surface area contributed by atoms with Gasteiger partial charge in [0.05, 0.1) is 17.6 Å². The summed E-state index contributed by atoms with van der Waals surface area (Å²) in [6.07, 6.45) is 2.73. The van der Waals surface area contributed by atoms with Crippen LogP contribution in [0.25, 0.3) is 0 Å². The van der Waals surface area contributed by atoms with E-state index in [1.54, 1.807) is 18.2 Å². The summed E-state index contributed by atoms with van der Waals surface area (Å²) in [5.41, 5.74) is -0.175. The van der Waals surface area contributed by atoms with Gasteiger partial charge >= 0.3 is 0 Å². The summed E-state index contributed by atoms with van der Waals surface area (Å²) in [5, 5.41) is 2.95. The van der Waals surface area contributed by atoms with Crippen LogP contribution in [0, 0.1) is 5.82 Å². The molecule has 1 aromatic carbocycles. The van der Waals surface area contributed by atoms with E-state index in [4.69, 9.17) is 4.74 Å². The second-order valence-electron chi connectivity index (χ2n) is 6.95. The number of halogens is 1. The van der Waals surface area contributed by atoms with Crippen LogP contribution in [0.15, 0.2) is 24.3 Å². The van der Waals surface area contributed by atoms with Crippen LogP contribution >= 0.6 is 0 Å². The first-order valence-electron chi connectivity index (χ1n) is 8.55. The Morgan fingerprint density at radius 3 is 2.75 bits per heavy atom. The highest BCUT2D eigenvalue weighted by Crippen LogP contribution is 2.50. The van der Waals surface area contributed by atoms with Crippen LogP contribution in [-0.4, -0.2) is 48.6 Å². The average Bonchev–Trinajstić information content (AvgIpc) is 3.39. The highest BCUT2D eigenvalue weighted by molar-refractivity contribution is 5.91. The van der Waals surface area contributed by atoms with Gasteiger partial charge in [0.25, 0.3) is 0 Å². The van der Waals surface area contributed by atoms with Crippen LogP contribution in [0.3, 0.4) is 0 Å². The van der Waals surface area contributed by atoms with E-state index in [9.17, 15) is 14.0 Å². The van der Waals surface area contributed by atoms with Gasteiger partial charge in [0.1, 0.15) is 12.4 Å². The quantitative estimate of drug-likeness (QED) is 0.890. The van der Waals surface area contributed by atoms with E-state index in [0.29, 0.717) is 44.3 Å². The maximum absolute atomic E-state index is 14.2. The van der Waals surface area contributed by atoms with Crippen LogP contribution in [0.5, 0.6) is 0 Å². The van der Waals surface area contributed by atoms with Crippen LogP contribution in [-0.2, 0) is 19.7 Å². The third-order valence-electron chi connectivity index (χ3n) is 5.45. The van der Waals surface area contributed by atoms with Gasteiger partial charge in [-0.25, -0.2) is 4.39 Å². The average molecular weight is 332 g/mol. The highest BCUT2D eigenvalue weighted by atomic mass is 19.1. The molecule has 1 aromatic rings. The number of nitrogens with one attached hydrogen (secondary N) is 1. The zero-order valence-electron chi connectivity index (χ0n) is 13.5. The number of fused-ring (bicyclic) bond motifs is 1. The Labute approximate surface area is 140 Å². The van der Waals surface area contributed by atoms with Gasteiger partial charge in [-0.2, -0.15) is 0 Å². The van der Waals surface area contributed by atoms with Crippen molar-refractivity contribution >= 4 is 11.8 Å². The molecule has 0 spiro atoms. The first kappa shape index (κ1) is 15.6. The molecule has 4 rings (SSSR count). The number of hydrogen-bond donors (Lipinski definition) is 1. The van der Waals surface area contributed by atoms with Crippen LogP contribution < -0.4 is 5.32 Å². The number of likely N-dealkylation sites (tertiary alicyclic amines) is 1. The fourth-order valence-corrected chi connectivity index (χ4v) is 3.95. The zero-order valence-corrected chi connectivity index (χ0v) is 13.5. The molecule has 2 amide bonds. The molecule has 24 heavy (non-hydrogen) atoms. The first-order valence-corrected chi connectivity index (χ1v) is 8.55. The van der Waals surface area contributed by atoms with E-state index in [1.165, 1.54) is 6.07 Å². The van der Waals surface area contributed by atoms with Gasteiger partial charge in [-0.15, -0.1) is 0 Å². The summed E-state index contributed by atoms with van der Waals surface area (Å²) < 4.78 is 19.8. The molecule has 3 aliphatic rings. The lowest BCUT2D eigenvalue weighted by molar-refractivity contribution is -0.137. The maximum atomic E-state index is 14.2. The molecule has 2 heterocycles. The highest BCUT2D eigenvalue weighted by Gasteiger charge is 2.54. The third-order valence-corrected chi connectivity index (χ3v) is 5.45. The van der Waals surface area contributed by atoms with Gasteiger partial charge in [-0.05, 0) is 31.7 Å². The van der Waals surface area contributed by atoms with Crippen molar-refractivity contribution in [2.24, 2.45) is 0 Å². The number of nitrogens with zero attached hydrogens (tertiary/aromatic N) is 1. The summed E-state index contributed by atoms with van der Waals surface area (Å²) in [4.78, 5) is 26.4. The Bertz CT molecular complexity index is 674. The lowest BCUT2D eigenvalue weighted by atomic mass is 9.93. The summed E-state index contributed by atoms with van der Waals surface area (Å²) >= 11 is 0. The monoisotopic (exact) mass is 332 g/mol. The summed E-state index contributed by atoms with van der Waals surface area (Å²) in [6, 6.07) is 6.54. The van der Waals surface area contributed by atoms with Gasteiger partial charge in [0.2, 0.25) is 11.8 Å². The number of hydrogen-bond acceptors (Lipinski definition) is 3. The molecule has 0 bridgehead atoms. The van der Waals surface area contributed by atoms with Gasteiger partial charge in [0, 0.05) is 18.7 Å². The number of morpholine rings is 1. The fourth-order valence-electron chi connectivity index (χ4n) is 3.95. The van der Waals surface area contributed by atoms with E-state index in [-0.39, 0.29) is 36.4 Å². The molecule has 2 atom stereocenters. The van der Waals surface area contributed by atoms with Crippen LogP contribution in [0.2, 0.25) is 0 Å². The van der Waals surface area contributed by atoms with Gasteiger partial charge in [0.15, 0.2) is 0 Å². The molecule has 6 heteroatoms. The second-order valence-corrected chi connectivity index (χ2v) is 6.95. The van der Waals surface area contributed by atoms with Gasteiger partial charge in [-0.1, -0.05) is 18.2 Å². The first-order chi connectivity index (χ1) is 11.6. The number of carbonyl (C=O) groups is 2. The minimum absolute atomic E-state index is 0.0116. The smallest absolute Gasteiger partial charge is 0.246 e. The Balaban J connectivity index is 1.51. The van der Waals surface area contributed by atoms with E-state index < -0.39 is 5.41 Å². The van der Waals surface area contributed by atoms with Crippen molar-refractivity contribution < 1.29 is 18.7 Å². The molecule has 0 unspecified atom stereocenters. The Hall–Kier alpha value is -1.95. The number of benzene rings is 1. The number of carbonyl (C=O) groups excluding carboxylic acids is 2. The Morgan fingerprint density at radius 2 is 2.00 bits per heavy atom. The summed E-state index contributed by atoms with van der Waals surface area (Å²) in [5.74, 6) is -0.388.